The standard InChI is InChI=1S/C25H28N2O3S2/c1-30-20-13-11-19(12-14-20)27(23(28)17-21-9-5-15-31-21)24(22-10-6-16-32-22)25(29)26-18-7-3-2-4-8-18/h5-6,9-16,18,24H,2-4,7-8,17H2,1H3,(H,26,29)/t24-/m0/s1. The van der Waals surface area contributed by atoms with Crippen LogP contribution in [0, 0.1) is 0 Å². The number of hydrogen-bond acceptors (Lipinski definition) is 5. The van der Waals surface area contributed by atoms with Gasteiger partial charge in [0, 0.05) is 21.5 Å². The Morgan fingerprint density at radius 3 is 2.38 bits per heavy atom. The summed E-state index contributed by atoms with van der Waals surface area (Å²) in [7, 11) is 1.61. The van der Waals surface area contributed by atoms with Gasteiger partial charge in [0.1, 0.15) is 11.8 Å². The van der Waals surface area contributed by atoms with Gasteiger partial charge in [-0.1, -0.05) is 31.4 Å². The molecule has 2 amide bonds. The van der Waals surface area contributed by atoms with Crippen molar-refractivity contribution < 1.29 is 14.3 Å². The van der Waals surface area contributed by atoms with Crippen molar-refractivity contribution in [2.24, 2.45) is 0 Å². The van der Waals surface area contributed by atoms with Crippen LogP contribution in [0.3, 0.4) is 0 Å². The van der Waals surface area contributed by atoms with Crippen LogP contribution in [-0.2, 0) is 16.0 Å². The van der Waals surface area contributed by atoms with Crippen LogP contribution in [0.25, 0.3) is 0 Å². The Balaban J connectivity index is 1.69. The number of hydrogen-bond donors (Lipinski definition) is 1. The summed E-state index contributed by atoms with van der Waals surface area (Å²) in [6.45, 7) is 0. The van der Waals surface area contributed by atoms with Crippen molar-refractivity contribution in [3.05, 3.63) is 69.0 Å². The average molecular weight is 469 g/mol. The fourth-order valence-corrected chi connectivity index (χ4v) is 5.68. The van der Waals surface area contributed by atoms with Gasteiger partial charge < -0.3 is 10.1 Å². The van der Waals surface area contributed by atoms with Crippen LogP contribution in [-0.4, -0.2) is 25.0 Å². The number of carbonyl (C=O) groups excluding carboxylic acids is 2. The van der Waals surface area contributed by atoms with Gasteiger partial charge in [0.2, 0.25) is 11.8 Å². The van der Waals surface area contributed by atoms with Crippen molar-refractivity contribution in [1.82, 2.24) is 5.32 Å². The molecule has 2 heterocycles. The highest BCUT2D eigenvalue weighted by atomic mass is 32.1. The van der Waals surface area contributed by atoms with Gasteiger partial charge >= 0.3 is 0 Å². The first-order valence-corrected chi connectivity index (χ1v) is 12.7. The van der Waals surface area contributed by atoms with Gasteiger partial charge in [-0.2, -0.15) is 0 Å². The minimum atomic E-state index is -0.710. The first-order valence-electron chi connectivity index (χ1n) is 11.0. The molecule has 1 atom stereocenters. The van der Waals surface area contributed by atoms with E-state index in [0.29, 0.717) is 11.4 Å². The van der Waals surface area contributed by atoms with Crippen LogP contribution >= 0.6 is 22.7 Å². The molecule has 1 aliphatic rings. The maximum absolute atomic E-state index is 13.6. The minimum absolute atomic E-state index is 0.102. The summed E-state index contributed by atoms with van der Waals surface area (Å²) in [5.41, 5.74) is 0.685. The van der Waals surface area contributed by atoms with E-state index in [0.717, 1.165) is 35.4 Å². The van der Waals surface area contributed by atoms with Gasteiger partial charge in [0.15, 0.2) is 0 Å². The fourth-order valence-electron chi connectivity index (χ4n) is 4.17. The maximum atomic E-state index is 13.6. The van der Waals surface area contributed by atoms with Crippen molar-refractivity contribution in [3.63, 3.8) is 0 Å². The largest absolute Gasteiger partial charge is 0.497 e. The molecule has 5 nitrogen and oxygen atoms in total. The Bertz CT molecular complexity index is 995. The molecule has 3 aromatic rings. The smallest absolute Gasteiger partial charge is 0.248 e. The molecule has 0 radical (unpaired) electrons. The van der Waals surface area contributed by atoms with E-state index in [9.17, 15) is 9.59 Å². The summed E-state index contributed by atoms with van der Waals surface area (Å²) >= 11 is 3.05. The molecule has 168 valence electrons. The third-order valence-corrected chi connectivity index (χ3v) is 7.60. The lowest BCUT2D eigenvalue weighted by Gasteiger charge is -2.32. The zero-order valence-corrected chi connectivity index (χ0v) is 19.8. The Labute approximate surface area is 197 Å². The highest BCUT2D eigenvalue weighted by Gasteiger charge is 2.34. The maximum Gasteiger partial charge on any atom is 0.248 e. The molecule has 0 unspecified atom stereocenters. The Kier molecular flexibility index (Phi) is 7.60. The van der Waals surface area contributed by atoms with Gasteiger partial charge in [0.05, 0.1) is 13.5 Å². The molecule has 0 saturated heterocycles. The van der Waals surface area contributed by atoms with Crippen LogP contribution in [0.4, 0.5) is 5.69 Å². The number of ether oxygens (including phenoxy) is 1. The molecule has 1 fully saturated rings. The fraction of sp³-hybridized carbons (Fsp3) is 0.360. The van der Waals surface area contributed by atoms with Crippen molar-refractivity contribution in [1.29, 1.82) is 0 Å². The van der Waals surface area contributed by atoms with Crippen molar-refractivity contribution in [3.8, 4) is 5.75 Å². The Morgan fingerprint density at radius 1 is 1.03 bits per heavy atom. The predicted octanol–water partition coefficient (Wildman–Crippen LogP) is 5.58. The molecular formula is C25H28N2O3S2. The lowest BCUT2D eigenvalue weighted by atomic mass is 9.95. The number of anilines is 1. The molecular weight excluding hydrogens is 440 g/mol. The number of thiophene rings is 2. The van der Waals surface area contributed by atoms with Crippen LogP contribution in [0.1, 0.15) is 47.9 Å². The molecule has 1 N–H and O–H groups in total. The Morgan fingerprint density at radius 2 is 1.75 bits per heavy atom. The van der Waals surface area contributed by atoms with E-state index in [1.165, 1.54) is 17.8 Å². The molecule has 1 aromatic carbocycles. The van der Waals surface area contributed by atoms with E-state index in [2.05, 4.69) is 5.32 Å². The summed E-state index contributed by atoms with van der Waals surface area (Å²) in [5.74, 6) is 0.489. The first-order chi connectivity index (χ1) is 15.7. The van der Waals surface area contributed by atoms with Crippen LogP contribution in [0.5, 0.6) is 5.75 Å². The third-order valence-electron chi connectivity index (χ3n) is 5.80. The second kappa shape index (κ2) is 10.8. The average Bonchev–Trinajstić information content (AvgIpc) is 3.52. The van der Waals surface area contributed by atoms with Crippen LogP contribution in [0.15, 0.2) is 59.3 Å². The molecule has 1 saturated carbocycles. The molecule has 2 aromatic heterocycles. The molecule has 32 heavy (non-hydrogen) atoms. The van der Waals surface area contributed by atoms with E-state index in [-0.39, 0.29) is 24.3 Å². The van der Waals surface area contributed by atoms with Gasteiger partial charge in [-0.05, 0) is 60.0 Å². The van der Waals surface area contributed by atoms with E-state index < -0.39 is 6.04 Å². The number of carbonyl (C=O) groups is 2. The van der Waals surface area contributed by atoms with Crippen LogP contribution in [0.2, 0.25) is 0 Å². The zero-order chi connectivity index (χ0) is 22.3. The zero-order valence-electron chi connectivity index (χ0n) is 18.2. The van der Waals surface area contributed by atoms with Crippen LogP contribution < -0.4 is 15.0 Å². The number of rotatable bonds is 8. The minimum Gasteiger partial charge on any atom is -0.497 e. The van der Waals surface area contributed by atoms with Gasteiger partial charge in [-0.25, -0.2) is 0 Å². The lowest BCUT2D eigenvalue weighted by Crippen LogP contribution is -2.47. The topological polar surface area (TPSA) is 58.6 Å². The molecule has 0 spiro atoms. The predicted molar refractivity (Wildman–Crippen MR) is 131 cm³/mol. The molecule has 0 bridgehead atoms. The number of nitrogens with one attached hydrogen (secondary N) is 1. The van der Waals surface area contributed by atoms with E-state index >= 15 is 0 Å². The van der Waals surface area contributed by atoms with Gasteiger partial charge in [-0.3, -0.25) is 14.5 Å². The highest BCUT2D eigenvalue weighted by molar-refractivity contribution is 7.10. The lowest BCUT2D eigenvalue weighted by molar-refractivity contribution is -0.127. The first kappa shape index (κ1) is 22.6. The molecule has 1 aliphatic carbocycles. The summed E-state index contributed by atoms with van der Waals surface area (Å²) in [5, 5.41) is 7.16. The number of methoxy groups -OCH3 is 1. The number of benzene rings is 1. The summed E-state index contributed by atoms with van der Waals surface area (Å²) in [4.78, 5) is 30.7. The second-order valence-electron chi connectivity index (χ2n) is 7.98. The van der Waals surface area contributed by atoms with E-state index in [4.69, 9.17) is 4.74 Å². The van der Waals surface area contributed by atoms with Crippen molar-refractivity contribution >= 4 is 40.2 Å². The number of nitrogens with zero attached hydrogens (tertiary/aromatic N) is 1. The quantitative estimate of drug-likeness (QED) is 0.469. The van der Waals surface area contributed by atoms with Crippen molar-refractivity contribution in [2.75, 3.05) is 12.0 Å². The highest BCUT2D eigenvalue weighted by Crippen LogP contribution is 2.33. The Hall–Kier alpha value is -2.64. The van der Waals surface area contributed by atoms with Crippen molar-refractivity contribution in [2.45, 2.75) is 50.6 Å². The molecule has 0 aliphatic heterocycles. The summed E-state index contributed by atoms with van der Waals surface area (Å²) < 4.78 is 5.30. The normalized spacial score (nSPS) is 15.2. The number of amides is 2. The SMILES string of the molecule is COc1ccc(N(C(=O)Cc2cccs2)[C@H](C(=O)NC2CCCCC2)c2cccs2)cc1. The third kappa shape index (κ3) is 5.40. The molecule has 7 heteroatoms. The van der Waals surface area contributed by atoms with E-state index in [1.54, 1.807) is 23.3 Å². The molecule has 4 rings (SSSR count). The van der Waals surface area contributed by atoms with E-state index in [1.807, 2.05) is 59.3 Å². The summed E-state index contributed by atoms with van der Waals surface area (Å²) in [6, 6.07) is 14.6. The monoisotopic (exact) mass is 468 g/mol. The second-order valence-corrected chi connectivity index (χ2v) is 9.99. The van der Waals surface area contributed by atoms with Gasteiger partial charge in [-0.15, -0.1) is 22.7 Å². The van der Waals surface area contributed by atoms with Gasteiger partial charge in [0.25, 0.3) is 0 Å². The summed E-state index contributed by atoms with van der Waals surface area (Å²) in [6.07, 6.45) is 5.73.